The highest BCUT2D eigenvalue weighted by Gasteiger charge is 2.28. The van der Waals surface area contributed by atoms with Gasteiger partial charge in [-0.1, -0.05) is 97.1 Å². The fourth-order valence-corrected chi connectivity index (χ4v) is 5.78. The van der Waals surface area contributed by atoms with Crippen molar-refractivity contribution < 1.29 is 9.47 Å². The maximum absolute atomic E-state index is 6.11. The summed E-state index contributed by atoms with van der Waals surface area (Å²) in [5.41, 5.74) is 7.81. The number of benzene rings is 4. The maximum Gasteiger partial charge on any atom is 0.236 e. The van der Waals surface area contributed by atoms with E-state index >= 15 is 0 Å². The third kappa shape index (κ3) is 4.38. The van der Waals surface area contributed by atoms with Gasteiger partial charge in [0.25, 0.3) is 0 Å². The monoisotopic (exact) mass is 546 g/mol. The minimum absolute atomic E-state index is 0.141. The first-order chi connectivity index (χ1) is 20.8. The molecule has 202 valence electrons. The second-order valence-corrected chi connectivity index (χ2v) is 10.5. The second-order valence-electron chi connectivity index (χ2n) is 10.5. The van der Waals surface area contributed by atoms with Crippen LogP contribution in [0.4, 0.5) is 0 Å². The Morgan fingerprint density at radius 2 is 0.881 bits per heavy atom. The van der Waals surface area contributed by atoms with Crippen LogP contribution >= 0.6 is 0 Å². The molecule has 2 atom stereocenters. The molecule has 0 radical (unpaired) electrons. The number of hydrogen-bond acceptors (Lipinski definition) is 6. The summed E-state index contributed by atoms with van der Waals surface area (Å²) in [5.74, 6) is 1.16. The number of nitrogens with zero attached hydrogens (tertiary/aromatic N) is 4. The average molecular weight is 547 g/mol. The number of hydrogen-bond donors (Lipinski definition) is 0. The zero-order valence-electron chi connectivity index (χ0n) is 22.7. The molecule has 0 fully saturated rings. The maximum atomic E-state index is 6.11. The Balaban J connectivity index is 1.13. The highest BCUT2D eigenvalue weighted by molar-refractivity contribution is 5.97. The van der Waals surface area contributed by atoms with Crippen molar-refractivity contribution in [2.24, 2.45) is 9.98 Å². The van der Waals surface area contributed by atoms with Gasteiger partial charge in [0.05, 0.1) is 11.0 Å². The van der Waals surface area contributed by atoms with Crippen LogP contribution in [-0.2, 0) is 9.47 Å². The second kappa shape index (κ2) is 10.2. The van der Waals surface area contributed by atoms with Crippen LogP contribution in [0, 0.1) is 0 Å². The van der Waals surface area contributed by atoms with Crippen LogP contribution in [0.3, 0.4) is 0 Å². The molecule has 6 aromatic rings. The van der Waals surface area contributed by atoms with Gasteiger partial charge in [-0.3, -0.25) is 0 Å². The van der Waals surface area contributed by atoms with Gasteiger partial charge < -0.3 is 9.47 Å². The van der Waals surface area contributed by atoms with E-state index in [2.05, 4.69) is 72.8 Å². The van der Waals surface area contributed by atoms with E-state index < -0.39 is 0 Å². The van der Waals surface area contributed by atoms with Crippen LogP contribution in [-0.4, -0.2) is 35.0 Å². The zero-order chi connectivity index (χ0) is 27.9. The highest BCUT2D eigenvalue weighted by atomic mass is 16.5. The molecule has 2 aromatic heterocycles. The molecule has 6 nitrogen and oxygen atoms in total. The first kappa shape index (κ1) is 24.4. The van der Waals surface area contributed by atoms with Gasteiger partial charge in [-0.05, 0) is 46.5 Å². The van der Waals surface area contributed by atoms with Crippen molar-refractivity contribution in [2.75, 3.05) is 13.2 Å². The fraction of sp³-hybridized carbons (Fsp3) is 0.111. The number of rotatable bonds is 5. The van der Waals surface area contributed by atoms with Crippen LogP contribution in [0.5, 0.6) is 0 Å². The van der Waals surface area contributed by atoms with Gasteiger partial charge in [-0.25, -0.2) is 20.0 Å². The molecule has 8 rings (SSSR count). The molecule has 6 heteroatoms. The highest BCUT2D eigenvalue weighted by Crippen LogP contribution is 2.38. The van der Waals surface area contributed by atoms with Crippen molar-refractivity contribution in [3.8, 4) is 11.1 Å². The van der Waals surface area contributed by atoms with Gasteiger partial charge in [-0.15, -0.1) is 0 Å². The Labute approximate surface area is 243 Å². The van der Waals surface area contributed by atoms with Crippen LogP contribution in [0.2, 0.25) is 0 Å². The summed E-state index contributed by atoms with van der Waals surface area (Å²) in [6.45, 7) is 0.928. The first-order valence-corrected chi connectivity index (χ1v) is 14.1. The summed E-state index contributed by atoms with van der Waals surface area (Å²) in [6.07, 6.45) is 0. The van der Waals surface area contributed by atoms with Crippen molar-refractivity contribution in [1.82, 2.24) is 9.97 Å². The summed E-state index contributed by atoms with van der Waals surface area (Å²) in [5, 5.41) is 2.19. The van der Waals surface area contributed by atoms with Crippen molar-refractivity contribution in [1.29, 1.82) is 0 Å². The molecule has 0 N–H and O–H groups in total. The Morgan fingerprint density at radius 1 is 0.452 bits per heavy atom. The zero-order valence-corrected chi connectivity index (χ0v) is 22.7. The Morgan fingerprint density at radius 3 is 1.38 bits per heavy atom. The van der Waals surface area contributed by atoms with Gasteiger partial charge in [0.15, 0.2) is 0 Å². The average Bonchev–Trinajstić information content (AvgIpc) is 3.76. The van der Waals surface area contributed by atoms with Gasteiger partial charge in [0.1, 0.15) is 36.7 Å². The molecule has 0 saturated carbocycles. The summed E-state index contributed by atoms with van der Waals surface area (Å²) < 4.78 is 12.2. The van der Waals surface area contributed by atoms with E-state index in [9.17, 15) is 0 Å². The van der Waals surface area contributed by atoms with E-state index in [1.54, 1.807) is 0 Å². The summed E-state index contributed by atoms with van der Waals surface area (Å²) >= 11 is 0. The lowest BCUT2D eigenvalue weighted by Gasteiger charge is -2.17. The number of ether oxygens (including phenoxy) is 2. The third-order valence-corrected chi connectivity index (χ3v) is 7.87. The summed E-state index contributed by atoms with van der Waals surface area (Å²) in [7, 11) is 0. The van der Waals surface area contributed by atoms with E-state index in [4.69, 9.17) is 29.4 Å². The lowest BCUT2D eigenvalue weighted by Crippen LogP contribution is -2.05. The quantitative estimate of drug-likeness (QED) is 0.225. The molecule has 2 aliphatic heterocycles. The van der Waals surface area contributed by atoms with Crippen molar-refractivity contribution in [3.05, 3.63) is 144 Å². The van der Waals surface area contributed by atoms with Crippen LogP contribution in [0.1, 0.15) is 34.6 Å². The van der Waals surface area contributed by atoms with Crippen molar-refractivity contribution in [2.45, 2.75) is 12.1 Å². The van der Waals surface area contributed by atoms with E-state index in [1.807, 2.05) is 48.5 Å². The molecule has 0 amide bonds. The van der Waals surface area contributed by atoms with Gasteiger partial charge >= 0.3 is 0 Å². The van der Waals surface area contributed by atoms with E-state index in [-0.39, 0.29) is 12.1 Å². The predicted octanol–water partition coefficient (Wildman–Crippen LogP) is 7.49. The van der Waals surface area contributed by atoms with Gasteiger partial charge in [0, 0.05) is 10.8 Å². The van der Waals surface area contributed by atoms with Crippen LogP contribution < -0.4 is 0 Å². The molecule has 0 bridgehead atoms. The molecule has 0 spiro atoms. The van der Waals surface area contributed by atoms with E-state index in [0.717, 1.165) is 55.4 Å². The SMILES string of the molecule is c1ccc([C@H]2COC(c3ccc4ccccc4n3)=N2)c(-c2ccccc2[C@H]2COC(c3ccc4ccccc4n3)=N2)c1. The molecular weight excluding hydrogens is 520 g/mol. The minimum atomic E-state index is -0.141. The molecule has 0 unspecified atom stereocenters. The number of aliphatic imine (C=N–C) groups is 2. The van der Waals surface area contributed by atoms with E-state index in [0.29, 0.717) is 25.0 Å². The van der Waals surface area contributed by atoms with E-state index in [1.165, 1.54) is 0 Å². The van der Waals surface area contributed by atoms with Crippen LogP contribution in [0.25, 0.3) is 32.9 Å². The van der Waals surface area contributed by atoms with Crippen LogP contribution in [0.15, 0.2) is 131 Å². The Bertz CT molecular complexity index is 1890. The number of fused-ring (bicyclic) bond motifs is 2. The minimum Gasteiger partial charge on any atom is -0.474 e. The van der Waals surface area contributed by atoms with Gasteiger partial charge in [-0.2, -0.15) is 0 Å². The first-order valence-electron chi connectivity index (χ1n) is 14.1. The van der Waals surface area contributed by atoms with Crippen molar-refractivity contribution >= 4 is 33.6 Å². The standard InChI is InChI=1S/C36H26N4O2/c1-7-15-29-23(9-1)17-19-31(37-29)35-39-33(21-41-35)27-13-5-3-11-25(27)26-12-4-6-14-28(26)34-22-42-36(40-34)32-20-18-24-10-2-8-16-30(24)38-32/h1-20,33-34H,21-22H2/t33-,34-/m1/s1. The number of pyridine rings is 2. The molecule has 0 aliphatic carbocycles. The topological polar surface area (TPSA) is 69.0 Å². The smallest absolute Gasteiger partial charge is 0.236 e. The molecule has 42 heavy (non-hydrogen) atoms. The molecular formula is C36H26N4O2. The third-order valence-electron chi connectivity index (χ3n) is 7.87. The number of aromatic nitrogens is 2. The Hall–Kier alpha value is -5.36. The lowest BCUT2D eigenvalue weighted by atomic mass is 9.90. The molecule has 0 saturated heterocycles. The largest absolute Gasteiger partial charge is 0.474 e. The predicted molar refractivity (Wildman–Crippen MR) is 166 cm³/mol. The molecule has 4 aromatic carbocycles. The summed E-state index contributed by atoms with van der Waals surface area (Å²) in [6, 6.07) is 40.8. The van der Waals surface area contributed by atoms with Gasteiger partial charge in [0.2, 0.25) is 11.8 Å². The Kier molecular flexibility index (Phi) is 5.96. The van der Waals surface area contributed by atoms with Crippen molar-refractivity contribution in [3.63, 3.8) is 0 Å². The normalized spacial score (nSPS) is 18.0. The molecule has 4 heterocycles. The fourth-order valence-electron chi connectivity index (χ4n) is 5.78. The molecule has 2 aliphatic rings. The lowest BCUT2D eigenvalue weighted by molar-refractivity contribution is 0.318. The summed E-state index contributed by atoms with van der Waals surface area (Å²) in [4.78, 5) is 19.6. The number of para-hydroxylation sites is 2.